The van der Waals surface area contributed by atoms with E-state index in [4.69, 9.17) is 0 Å². The second-order valence-corrected chi connectivity index (χ2v) is 7.00. The van der Waals surface area contributed by atoms with Crippen LogP contribution in [0.25, 0.3) is 0 Å². The molecule has 10 heteroatoms. The van der Waals surface area contributed by atoms with Crippen LogP contribution >= 0.6 is 0 Å². The van der Waals surface area contributed by atoms with Gasteiger partial charge in [0, 0.05) is 29.7 Å². The highest BCUT2D eigenvalue weighted by Gasteiger charge is 2.16. The highest BCUT2D eigenvalue weighted by Crippen LogP contribution is 2.17. The van der Waals surface area contributed by atoms with Crippen LogP contribution in [0.4, 0.5) is 20.4 Å². The van der Waals surface area contributed by atoms with E-state index in [-0.39, 0.29) is 22.1 Å². The van der Waals surface area contributed by atoms with Gasteiger partial charge < -0.3 is 5.32 Å². The first-order valence-electron chi connectivity index (χ1n) is 7.51. The van der Waals surface area contributed by atoms with Crippen LogP contribution in [-0.2, 0) is 10.0 Å². The fourth-order valence-corrected chi connectivity index (χ4v) is 3.09. The molecule has 138 valence electrons. The monoisotopic (exact) mass is 390 g/mol. The molecule has 1 aromatic heterocycles. The minimum Gasteiger partial charge on any atom is -0.322 e. The number of halogens is 2. The fraction of sp³-hybridized carbons (Fsp3) is 0. The second-order valence-electron chi connectivity index (χ2n) is 5.31. The Morgan fingerprint density at radius 1 is 0.926 bits per heavy atom. The maximum Gasteiger partial charge on any atom is 0.264 e. The number of hydrogen-bond acceptors (Lipinski definition) is 5. The van der Waals surface area contributed by atoms with Crippen LogP contribution in [0.2, 0.25) is 0 Å². The van der Waals surface area contributed by atoms with Crippen LogP contribution in [0.1, 0.15) is 10.4 Å². The number of hydrogen-bond donors (Lipinski definition) is 2. The van der Waals surface area contributed by atoms with Gasteiger partial charge in [0.2, 0.25) is 5.95 Å². The van der Waals surface area contributed by atoms with E-state index in [1.165, 1.54) is 36.7 Å². The standard InChI is InChI=1S/C17H12F2N4O3S/c18-12-8-11(9-13(19)10-12)16(24)22-14-2-4-15(5-3-14)27(25,26)23-17-20-6-1-7-21-17/h1-10H,(H,22,24)(H,20,21,23). The third kappa shape index (κ3) is 4.61. The largest absolute Gasteiger partial charge is 0.322 e. The van der Waals surface area contributed by atoms with Gasteiger partial charge >= 0.3 is 0 Å². The Hall–Kier alpha value is -3.40. The van der Waals surface area contributed by atoms with E-state index in [9.17, 15) is 22.0 Å². The second kappa shape index (κ2) is 7.46. The van der Waals surface area contributed by atoms with Gasteiger partial charge in [-0.25, -0.2) is 31.9 Å². The predicted octanol–water partition coefficient (Wildman–Crippen LogP) is 2.81. The lowest BCUT2D eigenvalue weighted by Crippen LogP contribution is -2.15. The first-order chi connectivity index (χ1) is 12.8. The van der Waals surface area contributed by atoms with Crippen molar-refractivity contribution in [2.75, 3.05) is 10.0 Å². The van der Waals surface area contributed by atoms with Crippen molar-refractivity contribution in [2.45, 2.75) is 4.90 Å². The average molecular weight is 390 g/mol. The molecule has 0 aliphatic rings. The number of nitrogens with one attached hydrogen (secondary N) is 2. The van der Waals surface area contributed by atoms with Crippen LogP contribution in [0.3, 0.4) is 0 Å². The van der Waals surface area contributed by atoms with E-state index < -0.39 is 27.6 Å². The Morgan fingerprint density at radius 2 is 1.52 bits per heavy atom. The van der Waals surface area contributed by atoms with Crippen molar-refractivity contribution in [1.82, 2.24) is 9.97 Å². The number of nitrogens with zero attached hydrogens (tertiary/aromatic N) is 2. The van der Waals surface area contributed by atoms with Gasteiger partial charge in [0.05, 0.1) is 4.90 Å². The Kier molecular flexibility index (Phi) is 5.08. The molecular formula is C17H12F2N4O3S. The minimum atomic E-state index is -3.91. The summed E-state index contributed by atoms with van der Waals surface area (Å²) >= 11 is 0. The lowest BCUT2D eigenvalue weighted by Gasteiger charge is -2.08. The summed E-state index contributed by atoms with van der Waals surface area (Å²) < 4.78 is 53.1. The third-order valence-electron chi connectivity index (χ3n) is 3.34. The molecule has 0 aliphatic heterocycles. The Morgan fingerprint density at radius 3 is 2.11 bits per heavy atom. The van der Waals surface area contributed by atoms with Crippen molar-refractivity contribution >= 4 is 27.6 Å². The summed E-state index contributed by atoms with van der Waals surface area (Å²) in [5.41, 5.74) is 0.0478. The molecule has 1 heterocycles. The molecule has 0 saturated heterocycles. The maximum absolute atomic E-state index is 13.2. The van der Waals surface area contributed by atoms with Gasteiger partial charge in [-0.3, -0.25) is 4.79 Å². The summed E-state index contributed by atoms with van der Waals surface area (Å²) in [7, 11) is -3.91. The zero-order chi connectivity index (χ0) is 19.4. The summed E-state index contributed by atoms with van der Waals surface area (Å²) in [4.78, 5) is 19.5. The predicted molar refractivity (Wildman–Crippen MR) is 93.6 cm³/mol. The van der Waals surface area contributed by atoms with Gasteiger partial charge in [-0.2, -0.15) is 0 Å². The van der Waals surface area contributed by atoms with Crippen molar-refractivity contribution in [2.24, 2.45) is 0 Å². The van der Waals surface area contributed by atoms with Crippen LogP contribution in [0.5, 0.6) is 0 Å². The summed E-state index contributed by atoms with van der Waals surface area (Å²) in [6.45, 7) is 0. The summed E-state index contributed by atoms with van der Waals surface area (Å²) in [6, 6.07) is 9.17. The van der Waals surface area contributed by atoms with Gasteiger partial charge in [-0.05, 0) is 42.5 Å². The van der Waals surface area contributed by atoms with Gasteiger partial charge in [0.15, 0.2) is 0 Å². The lowest BCUT2D eigenvalue weighted by molar-refractivity contribution is 0.102. The molecule has 2 N–H and O–H groups in total. The molecule has 0 aliphatic carbocycles. The van der Waals surface area contributed by atoms with Crippen molar-refractivity contribution in [3.63, 3.8) is 0 Å². The molecule has 0 fully saturated rings. The van der Waals surface area contributed by atoms with E-state index in [2.05, 4.69) is 20.0 Å². The molecule has 2 aromatic carbocycles. The highest BCUT2D eigenvalue weighted by molar-refractivity contribution is 7.92. The Balaban J connectivity index is 1.74. The van der Waals surface area contributed by atoms with E-state index in [1.807, 2.05) is 0 Å². The molecule has 0 atom stereocenters. The quantitative estimate of drug-likeness (QED) is 0.698. The molecule has 0 bridgehead atoms. The lowest BCUT2D eigenvalue weighted by atomic mass is 10.2. The Bertz CT molecular complexity index is 1050. The molecule has 0 saturated carbocycles. The molecular weight excluding hydrogens is 378 g/mol. The normalized spacial score (nSPS) is 11.0. The van der Waals surface area contributed by atoms with Crippen molar-refractivity contribution in [3.05, 3.63) is 78.1 Å². The SMILES string of the molecule is O=C(Nc1ccc(S(=O)(=O)Nc2ncccn2)cc1)c1cc(F)cc(F)c1. The van der Waals surface area contributed by atoms with Crippen molar-refractivity contribution in [3.8, 4) is 0 Å². The molecule has 3 rings (SSSR count). The Labute approximate surface area is 153 Å². The topological polar surface area (TPSA) is 101 Å². The fourth-order valence-electron chi connectivity index (χ4n) is 2.14. The zero-order valence-corrected chi connectivity index (χ0v) is 14.4. The van der Waals surface area contributed by atoms with Crippen LogP contribution in [0, 0.1) is 11.6 Å². The number of carbonyl (C=O) groups is 1. The number of carbonyl (C=O) groups excluding carboxylic acids is 1. The molecule has 0 spiro atoms. The minimum absolute atomic E-state index is 0.0789. The van der Waals surface area contributed by atoms with Crippen LogP contribution in [-0.4, -0.2) is 24.3 Å². The number of anilines is 2. The van der Waals surface area contributed by atoms with Crippen LogP contribution < -0.4 is 10.0 Å². The van der Waals surface area contributed by atoms with E-state index in [0.717, 1.165) is 12.1 Å². The molecule has 3 aromatic rings. The highest BCUT2D eigenvalue weighted by atomic mass is 32.2. The number of amides is 1. The van der Waals surface area contributed by atoms with Gasteiger partial charge in [-0.15, -0.1) is 0 Å². The van der Waals surface area contributed by atoms with E-state index in [0.29, 0.717) is 6.07 Å². The smallest absolute Gasteiger partial charge is 0.264 e. The van der Waals surface area contributed by atoms with Gasteiger partial charge in [0.1, 0.15) is 11.6 Å². The summed E-state index contributed by atoms with van der Waals surface area (Å²) in [5, 5.41) is 2.43. The summed E-state index contributed by atoms with van der Waals surface area (Å²) in [6.07, 6.45) is 2.78. The van der Waals surface area contributed by atoms with Crippen LogP contribution in [0.15, 0.2) is 65.8 Å². The number of sulfonamides is 1. The molecule has 0 unspecified atom stereocenters. The molecule has 7 nitrogen and oxygen atoms in total. The van der Waals surface area contributed by atoms with Crippen molar-refractivity contribution < 1.29 is 22.0 Å². The molecule has 0 radical (unpaired) electrons. The van der Waals surface area contributed by atoms with Crippen molar-refractivity contribution in [1.29, 1.82) is 0 Å². The van der Waals surface area contributed by atoms with Gasteiger partial charge in [-0.1, -0.05) is 0 Å². The third-order valence-corrected chi connectivity index (χ3v) is 4.68. The first-order valence-corrected chi connectivity index (χ1v) is 8.99. The van der Waals surface area contributed by atoms with Gasteiger partial charge in [0.25, 0.3) is 15.9 Å². The number of benzene rings is 2. The van der Waals surface area contributed by atoms with E-state index in [1.54, 1.807) is 6.07 Å². The molecule has 27 heavy (non-hydrogen) atoms. The van der Waals surface area contributed by atoms with E-state index >= 15 is 0 Å². The average Bonchev–Trinajstić information content (AvgIpc) is 2.62. The number of rotatable bonds is 5. The maximum atomic E-state index is 13.2. The summed E-state index contributed by atoms with van der Waals surface area (Å²) in [5.74, 6) is -2.57. The number of aromatic nitrogens is 2. The zero-order valence-electron chi connectivity index (χ0n) is 13.6. The molecule has 1 amide bonds. The first kappa shape index (κ1) is 18.4.